The van der Waals surface area contributed by atoms with Crippen molar-refractivity contribution in [2.24, 2.45) is 13.0 Å². The highest BCUT2D eigenvalue weighted by atomic mass is 15.3. The van der Waals surface area contributed by atoms with Crippen molar-refractivity contribution in [1.82, 2.24) is 15.1 Å². The van der Waals surface area contributed by atoms with E-state index in [1.807, 2.05) is 11.7 Å². The third-order valence-corrected chi connectivity index (χ3v) is 4.40. The molecule has 1 fully saturated rings. The first-order chi connectivity index (χ1) is 9.08. The zero-order chi connectivity index (χ0) is 13.8. The van der Waals surface area contributed by atoms with Crippen molar-refractivity contribution in [3.05, 3.63) is 17.5 Å². The van der Waals surface area contributed by atoms with Gasteiger partial charge in [0.15, 0.2) is 0 Å². The van der Waals surface area contributed by atoms with E-state index in [0.717, 1.165) is 12.5 Å². The van der Waals surface area contributed by atoms with Crippen LogP contribution in [0.2, 0.25) is 0 Å². The normalized spacial score (nSPS) is 24.7. The molecule has 108 valence electrons. The Morgan fingerprint density at radius 1 is 1.32 bits per heavy atom. The van der Waals surface area contributed by atoms with Crippen LogP contribution in [0.1, 0.15) is 70.1 Å². The number of aryl methyl sites for hydroxylation is 1. The largest absolute Gasteiger partial charge is 0.310 e. The van der Waals surface area contributed by atoms with Crippen LogP contribution in [0.3, 0.4) is 0 Å². The number of hydrogen-bond donors (Lipinski definition) is 1. The van der Waals surface area contributed by atoms with Gasteiger partial charge in [0, 0.05) is 31.4 Å². The van der Waals surface area contributed by atoms with Crippen LogP contribution in [-0.4, -0.2) is 15.8 Å². The standard InChI is InChI=1S/C16H29N3/c1-12(2)16-14(11-19(4)18-16)10-17-15-9-7-5-6-8-13(15)3/h11-13,15,17H,5-10H2,1-4H3. The van der Waals surface area contributed by atoms with Crippen LogP contribution in [0, 0.1) is 5.92 Å². The predicted molar refractivity (Wildman–Crippen MR) is 80.2 cm³/mol. The SMILES string of the molecule is CC(C)c1nn(C)cc1CNC1CCCCCC1C. The van der Waals surface area contributed by atoms with Crippen molar-refractivity contribution in [3.63, 3.8) is 0 Å². The summed E-state index contributed by atoms with van der Waals surface area (Å²) < 4.78 is 1.95. The molecule has 2 atom stereocenters. The lowest BCUT2D eigenvalue weighted by atomic mass is 9.96. The summed E-state index contributed by atoms with van der Waals surface area (Å²) in [5.41, 5.74) is 2.62. The molecule has 0 bridgehead atoms. The molecule has 19 heavy (non-hydrogen) atoms. The summed E-state index contributed by atoms with van der Waals surface area (Å²) >= 11 is 0. The second kappa shape index (κ2) is 6.56. The van der Waals surface area contributed by atoms with Gasteiger partial charge in [-0.1, -0.05) is 40.0 Å². The molecule has 3 heteroatoms. The zero-order valence-corrected chi connectivity index (χ0v) is 12.9. The van der Waals surface area contributed by atoms with E-state index in [-0.39, 0.29) is 0 Å². The maximum absolute atomic E-state index is 4.59. The fourth-order valence-corrected chi connectivity index (χ4v) is 3.21. The van der Waals surface area contributed by atoms with Crippen molar-refractivity contribution < 1.29 is 0 Å². The molecule has 0 spiro atoms. The lowest BCUT2D eigenvalue weighted by Gasteiger charge is -2.23. The van der Waals surface area contributed by atoms with Crippen LogP contribution in [0.5, 0.6) is 0 Å². The molecule has 1 aromatic heterocycles. The number of hydrogen-bond acceptors (Lipinski definition) is 2. The summed E-state index contributed by atoms with van der Waals surface area (Å²) in [7, 11) is 2.02. The minimum atomic E-state index is 0.504. The van der Waals surface area contributed by atoms with Gasteiger partial charge in [0.1, 0.15) is 0 Å². The van der Waals surface area contributed by atoms with Gasteiger partial charge in [-0.2, -0.15) is 5.10 Å². The van der Waals surface area contributed by atoms with E-state index in [0.29, 0.717) is 12.0 Å². The van der Waals surface area contributed by atoms with Crippen molar-refractivity contribution in [3.8, 4) is 0 Å². The Balaban J connectivity index is 1.97. The Kier molecular flexibility index (Phi) is 5.03. The molecule has 0 radical (unpaired) electrons. The van der Waals surface area contributed by atoms with Gasteiger partial charge < -0.3 is 5.32 Å². The number of nitrogens with zero attached hydrogens (tertiary/aromatic N) is 2. The Bertz CT molecular complexity index is 395. The second-order valence-corrected chi connectivity index (χ2v) is 6.47. The molecule has 2 rings (SSSR count). The van der Waals surface area contributed by atoms with Crippen LogP contribution in [-0.2, 0) is 13.6 Å². The van der Waals surface area contributed by atoms with E-state index in [1.165, 1.54) is 43.4 Å². The van der Waals surface area contributed by atoms with Gasteiger partial charge in [-0.05, 0) is 24.7 Å². The molecule has 1 N–H and O–H groups in total. The van der Waals surface area contributed by atoms with Crippen molar-refractivity contribution in [2.45, 2.75) is 71.4 Å². The monoisotopic (exact) mass is 263 g/mol. The number of aromatic nitrogens is 2. The third-order valence-electron chi connectivity index (χ3n) is 4.40. The van der Waals surface area contributed by atoms with E-state index in [9.17, 15) is 0 Å². The van der Waals surface area contributed by atoms with E-state index < -0.39 is 0 Å². The number of nitrogens with one attached hydrogen (secondary N) is 1. The van der Waals surface area contributed by atoms with Crippen molar-refractivity contribution in [1.29, 1.82) is 0 Å². The van der Waals surface area contributed by atoms with Gasteiger partial charge in [0.2, 0.25) is 0 Å². The minimum absolute atomic E-state index is 0.504. The summed E-state index contributed by atoms with van der Waals surface area (Å²) in [6.45, 7) is 7.81. The number of rotatable bonds is 4. The first kappa shape index (κ1) is 14.6. The van der Waals surface area contributed by atoms with Crippen LogP contribution >= 0.6 is 0 Å². The van der Waals surface area contributed by atoms with Gasteiger partial charge in [-0.25, -0.2) is 0 Å². The quantitative estimate of drug-likeness (QED) is 0.841. The predicted octanol–water partition coefficient (Wildman–Crippen LogP) is 3.60. The zero-order valence-electron chi connectivity index (χ0n) is 12.9. The summed E-state index contributed by atoms with van der Waals surface area (Å²) in [4.78, 5) is 0. The molecule has 1 aromatic rings. The molecule has 2 unspecified atom stereocenters. The molecular formula is C16H29N3. The first-order valence-corrected chi connectivity index (χ1v) is 7.83. The Hall–Kier alpha value is -0.830. The fraction of sp³-hybridized carbons (Fsp3) is 0.812. The second-order valence-electron chi connectivity index (χ2n) is 6.47. The summed E-state index contributed by atoms with van der Waals surface area (Å²) in [6.07, 6.45) is 9.08. The lowest BCUT2D eigenvalue weighted by Crippen LogP contribution is -2.33. The summed E-state index contributed by atoms with van der Waals surface area (Å²) in [5, 5.41) is 8.37. The lowest BCUT2D eigenvalue weighted by molar-refractivity contribution is 0.355. The van der Waals surface area contributed by atoms with Crippen LogP contribution < -0.4 is 5.32 Å². The van der Waals surface area contributed by atoms with E-state index in [2.05, 4.69) is 37.4 Å². The molecule has 1 saturated carbocycles. The topological polar surface area (TPSA) is 29.9 Å². The highest BCUT2D eigenvalue weighted by molar-refractivity contribution is 5.20. The molecule has 3 nitrogen and oxygen atoms in total. The van der Waals surface area contributed by atoms with Gasteiger partial charge in [-0.15, -0.1) is 0 Å². The molecule has 0 saturated heterocycles. The van der Waals surface area contributed by atoms with E-state index in [1.54, 1.807) is 0 Å². The van der Waals surface area contributed by atoms with Crippen LogP contribution in [0.25, 0.3) is 0 Å². The molecule has 1 aliphatic rings. The van der Waals surface area contributed by atoms with Crippen LogP contribution in [0.4, 0.5) is 0 Å². The van der Waals surface area contributed by atoms with Crippen molar-refractivity contribution >= 4 is 0 Å². The smallest absolute Gasteiger partial charge is 0.0694 e. The maximum atomic E-state index is 4.59. The third kappa shape index (κ3) is 3.82. The molecule has 1 heterocycles. The fourth-order valence-electron chi connectivity index (χ4n) is 3.21. The molecule has 0 aromatic carbocycles. The first-order valence-electron chi connectivity index (χ1n) is 7.83. The minimum Gasteiger partial charge on any atom is -0.310 e. The Morgan fingerprint density at radius 3 is 2.79 bits per heavy atom. The molecular weight excluding hydrogens is 234 g/mol. The molecule has 0 amide bonds. The highest BCUT2D eigenvalue weighted by Gasteiger charge is 2.20. The van der Waals surface area contributed by atoms with Crippen LogP contribution in [0.15, 0.2) is 6.20 Å². The van der Waals surface area contributed by atoms with Gasteiger partial charge in [0.05, 0.1) is 5.69 Å². The van der Waals surface area contributed by atoms with Crippen molar-refractivity contribution in [2.75, 3.05) is 0 Å². The van der Waals surface area contributed by atoms with Gasteiger partial charge in [-0.3, -0.25) is 4.68 Å². The summed E-state index contributed by atoms with van der Waals surface area (Å²) in [5.74, 6) is 1.31. The van der Waals surface area contributed by atoms with E-state index >= 15 is 0 Å². The Labute approximate surface area is 117 Å². The highest BCUT2D eigenvalue weighted by Crippen LogP contribution is 2.24. The molecule has 1 aliphatic carbocycles. The molecule has 0 aliphatic heterocycles. The van der Waals surface area contributed by atoms with Gasteiger partial charge in [0.25, 0.3) is 0 Å². The maximum Gasteiger partial charge on any atom is 0.0694 e. The average molecular weight is 263 g/mol. The average Bonchev–Trinajstić information content (AvgIpc) is 2.61. The van der Waals surface area contributed by atoms with E-state index in [4.69, 9.17) is 0 Å². The van der Waals surface area contributed by atoms with Gasteiger partial charge >= 0.3 is 0 Å². The summed E-state index contributed by atoms with van der Waals surface area (Å²) in [6, 6.07) is 0.683. The Morgan fingerprint density at radius 2 is 2.05 bits per heavy atom.